The van der Waals surface area contributed by atoms with Gasteiger partial charge < -0.3 is 36.7 Å². The molecule has 2 rings (SSSR count). The maximum atomic E-state index is 10.5. The van der Waals surface area contributed by atoms with Crippen LogP contribution in [0, 0.1) is 0 Å². The Balaban J connectivity index is 0.000000465. The van der Waals surface area contributed by atoms with E-state index in [0.29, 0.717) is 13.2 Å². The Labute approximate surface area is 166 Å². The molecule has 160 valence electrons. The van der Waals surface area contributed by atoms with Gasteiger partial charge >= 0.3 is 12.1 Å². The Morgan fingerprint density at radius 3 is 2.00 bits per heavy atom. The van der Waals surface area contributed by atoms with Crippen molar-refractivity contribution >= 4 is 12.1 Å². The van der Waals surface area contributed by atoms with Crippen LogP contribution >= 0.6 is 0 Å². The molecule has 0 radical (unpaired) electrons. The summed E-state index contributed by atoms with van der Waals surface area (Å²) in [5.74, 6) is 0. The first-order valence-corrected chi connectivity index (χ1v) is 9.27. The van der Waals surface area contributed by atoms with Crippen molar-refractivity contribution < 1.29 is 24.2 Å². The summed E-state index contributed by atoms with van der Waals surface area (Å²) < 4.78 is 10.4. The van der Waals surface area contributed by atoms with Crippen LogP contribution in [0.15, 0.2) is 30.3 Å². The molecule has 0 aromatic heterocycles. The van der Waals surface area contributed by atoms with Gasteiger partial charge in [-0.25, -0.2) is 9.59 Å². The van der Waals surface area contributed by atoms with Gasteiger partial charge in [-0.3, -0.25) is 0 Å². The van der Waals surface area contributed by atoms with Crippen molar-refractivity contribution in [2.75, 3.05) is 26.4 Å². The predicted molar refractivity (Wildman–Crippen MR) is 108 cm³/mol. The Morgan fingerprint density at radius 1 is 1.07 bits per heavy atom. The highest BCUT2D eigenvalue weighted by atomic mass is 16.5. The fraction of sp³-hybridized carbons (Fsp3) is 0.579. The Hall–Kier alpha value is -2.36. The molecular weight excluding hydrogens is 364 g/mol. The smallest absolute Gasteiger partial charge is 0.312 e. The van der Waals surface area contributed by atoms with Gasteiger partial charge in [-0.2, -0.15) is 0 Å². The van der Waals surface area contributed by atoms with E-state index in [1.165, 1.54) is 12.8 Å². The van der Waals surface area contributed by atoms with Gasteiger partial charge in [-0.15, -0.1) is 0 Å². The van der Waals surface area contributed by atoms with E-state index in [4.69, 9.17) is 26.0 Å². The summed E-state index contributed by atoms with van der Waals surface area (Å²) >= 11 is 0. The minimum absolute atomic E-state index is 0.0637. The maximum absolute atomic E-state index is 10.5. The third kappa shape index (κ3) is 17.1. The molecule has 7 N–H and O–H groups in total. The fourth-order valence-corrected chi connectivity index (χ4v) is 2.01. The fourth-order valence-electron chi connectivity index (χ4n) is 2.01. The van der Waals surface area contributed by atoms with Crippen LogP contribution in [0.2, 0.25) is 0 Å². The Bertz CT molecular complexity index is 519. The summed E-state index contributed by atoms with van der Waals surface area (Å²) in [5, 5.41) is 13.1. The highest BCUT2D eigenvalue weighted by Crippen LogP contribution is 2.00. The van der Waals surface area contributed by atoms with Crippen molar-refractivity contribution in [1.82, 2.24) is 10.6 Å². The summed E-state index contributed by atoms with van der Waals surface area (Å²) in [5.41, 5.74) is 10.8. The minimum atomic E-state index is -0.605. The average Bonchev–Trinajstić information content (AvgIpc) is 3.22. The zero-order chi connectivity index (χ0) is 21.2. The van der Waals surface area contributed by atoms with Gasteiger partial charge in [0.2, 0.25) is 0 Å². The third-order valence-corrected chi connectivity index (χ3v) is 3.36. The van der Waals surface area contributed by atoms with E-state index in [9.17, 15) is 9.59 Å². The first-order valence-electron chi connectivity index (χ1n) is 9.27. The van der Waals surface area contributed by atoms with Crippen molar-refractivity contribution in [2.45, 2.75) is 45.4 Å². The molecule has 0 saturated carbocycles. The van der Waals surface area contributed by atoms with Crippen LogP contribution in [-0.4, -0.2) is 55.7 Å². The standard InChI is InChI=1S/C11H16N2O2.C4H10N2O2.C4H8O/c1-9(13-11(12)14)7-15-8-10-5-3-2-4-6-10;1-3(2-7)6-4(5)8;1-2-4-5-3-1/h2-6,9H,7-8H2,1H3,(H3,12,13,14);3,7H,2H2,1H3,(H3,5,6,8);1-4H2/t9-;3-;/m11./s1. The van der Waals surface area contributed by atoms with Crippen LogP contribution in [0.1, 0.15) is 32.3 Å². The Kier molecular flexibility index (Phi) is 15.4. The molecule has 1 saturated heterocycles. The van der Waals surface area contributed by atoms with E-state index in [1.807, 2.05) is 37.3 Å². The molecule has 1 fully saturated rings. The number of aliphatic hydroxyl groups excluding tert-OH is 1. The van der Waals surface area contributed by atoms with Crippen molar-refractivity contribution in [2.24, 2.45) is 11.5 Å². The van der Waals surface area contributed by atoms with Crippen molar-refractivity contribution in [3.05, 3.63) is 35.9 Å². The van der Waals surface area contributed by atoms with Crippen molar-refractivity contribution in [3.63, 3.8) is 0 Å². The number of benzene rings is 1. The van der Waals surface area contributed by atoms with Gasteiger partial charge in [0.25, 0.3) is 0 Å². The van der Waals surface area contributed by atoms with E-state index >= 15 is 0 Å². The molecule has 1 heterocycles. The lowest BCUT2D eigenvalue weighted by atomic mass is 10.2. The lowest BCUT2D eigenvalue weighted by molar-refractivity contribution is 0.105. The Morgan fingerprint density at radius 2 is 1.61 bits per heavy atom. The molecule has 1 aliphatic rings. The van der Waals surface area contributed by atoms with Crippen molar-refractivity contribution in [1.29, 1.82) is 0 Å². The number of amides is 4. The van der Waals surface area contributed by atoms with Crippen LogP contribution in [0.25, 0.3) is 0 Å². The third-order valence-electron chi connectivity index (χ3n) is 3.36. The van der Waals surface area contributed by atoms with Crippen LogP contribution in [0.4, 0.5) is 9.59 Å². The first-order chi connectivity index (χ1) is 13.3. The molecule has 0 bridgehead atoms. The number of rotatable bonds is 7. The number of carbonyl (C=O) groups is 2. The monoisotopic (exact) mass is 398 g/mol. The SMILES string of the molecule is C1CCOC1.C[C@H](CO)NC(N)=O.C[C@H](COCc1ccccc1)NC(N)=O. The molecule has 1 aliphatic heterocycles. The highest BCUT2D eigenvalue weighted by Gasteiger charge is 2.03. The number of primary amides is 2. The van der Waals surface area contributed by atoms with E-state index in [2.05, 4.69) is 10.6 Å². The van der Waals surface area contributed by atoms with Gasteiger partial charge in [0, 0.05) is 13.2 Å². The summed E-state index contributed by atoms with van der Waals surface area (Å²) in [4.78, 5) is 20.5. The first kappa shape index (κ1) is 25.6. The van der Waals surface area contributed by atoms with E-state index in [0.717, 1.165) is 18.8 Å². The quantitative estimate of drug-likeness (QED) is 0.466. The highest BCUT2D eigenvalue weighted by molar-refractivity contribution is 5.72. The predicted octanol–water partition coefficient (Wildman–Crippen LogP) is 1.09. The zero-order valence-electron chi connectivity index (χ0n) is 16.7. The largest absolute Gasteiger partial charge is 0.394 e. The number of carbonyl (C=O) groups excluding carboxylic acids is 2. The van der Waals surface area contributed by atoms with Crippen LogP contribution in [0.5, 0.6) is 0 Å². The number of hydrogen-bond acceptors (Lipinski definition) is 5. The lowest BCUT2D eigenvalue weighted by Gasteiger charge is -2.12. The van der Waals surface area contributed by atoms with Gasteiger partial charge in [0.05, 0.1) is 31.9 Å². The van der Waals surface area contributed by atoms with E-state index in [-0.39, 0.29) is 18.7 Å². The molecule has 28 heavy (non-hydrogen) atoms. The number of ether oxygens (including phenoxy) is 2. The second-order valence-corrected chi connectivity index (χ2v) is 6.32. The van der Waals surface area contributed by atoms with Crippen LogP contribution < -0.4 is 22.1 Å². The maximum Gasteiger partial charge on any atom is 0.312 e. The molecule has 2 atom stereocenters. The summed E-state index contributed by atoms with van der Waals surface area (Å²) in [6, 6.07) is 8.43. The zero-order valence-corrected chi connectivity index (χ0v) is 16.7. The summed E-state index contributed by atoms with van der Waals surface area (Å²) in [6.07, 6.45) is 2.56. The number of hydrogen-bond donors (Lipinski definition) is 5. The molecule has 4 amide bonds. The average molecular weight is 399 g/mol. The van der Waals surface area contributed by atoms with E-state index < -0.39 is 12.1 Å². The van der Waals surface area contributed by atoms with Crippen LogP contribution in [0.3, 0.4) is 0 Å². The molecule has 1 aromatic carbocycles. The summed E-state index contributed by atoms with van der Waals surface area (Å²) in [6.45, 7) is 6.42. The summed E-state index contributed by atoms with van der Waals surface area (Å²) in [7, 11) is 0. The number of aliphatic hydroxyl groups is 1. The molecular formula is C19H34N4O5. The second kappa shape index (κ2) is 16.8. The number of nitrogens with one attached hydrogen (secondary N) is 2. The van der Waals surface area contributed by atoms with Gasteiger partial charge in [-0.05, 0) is 32.3 Å². The lowest BCUT2D eigenvalue weighted by Crippen LogP contribution is -2.39. The van der Waals surface area contributed by atoms with Gasteiger partial charge in [-0.1, -0.05) is 30.3 Å². The molecule has 9 nitrogen and oxygen atoms in total. The molecule has 1 aromatic rings. The van der Waals surface area contributed by atoms with Crippen LogP contribution in [-0.2, 0) is 16.1 Å². The normalized spacial score (nSPS) is 14.4. The van der Waals surface area contributed by atoms with Crippen molar-refractivity contribution in [3.8, 4) is 0 Å². The molecule has 0 spiro atoms. The van der Waals surface area contributed by atoms with Gasteiger partial charge in [0.15, 0.2) is 0 Å². The van der Waals surface area contributed by atoms with E-state index in [1.54, 1.807) is 6.92 Å². The van der Waals surface area contributed by atoms with Gasteiger partial charge in [0.1, 0.15) is 0 Å². The number of urea groups is 2. The molecule has 0 unspecified atom stereocenters. The molecule has 0 aliphatic carbocycles. The second-order valence-electron chi connectivity index (χ2n) is 6.32. The number of nitrogens with two attached hydrogens (primary N) is 2. The molecule has 9 heteroatoms. The minimum Gasteiger partial charge on any atom is -0.394 e. The topological polar surface area (TPSA) is 149 Å².